The molecule has 4 heterocycles. The van der Waals surface area contributed by atoms with Crippen LogP contribution in [0.4, 0.5) is 11.4 Å². The van der Waals surface area contributed by atoms with E-state index in [0.717, 1.165) is 49.9 Å². The smallest absolute Gasteiger partial charge is 0.271 e. The molecule has 1 fully saturated rings. The first-order valence-electron chi connectivity index (χ1n) is 14.9. The number of non-ortho nitro benzene ring substituents is 2. The number of nitrogens with one attached hydrogen (secondary N) is 4. The van der Waals surface area contributed by atoms with Crippen LogP contribution in [0.2, 0.25) is 0 Å². The number of benzene rings is 3. The van der Waals surface area contributed by atoms with Crippen molar-refractivity contribution in [2.45, 2.75) is 38.8 Å². The second kappa shape index (κ2) is 14.0. The zero-order valence-electron chi connectivity index (χ0n) is 24.7. The highest BCUT2D eigenvalue weighted by Gasteiger charge is 2.25. The normalized spacial score (nSPS) is 19.4. The predicted molar refractivity (Wildman–Crippen MR) is 165 cm³/mol. The van der Waals surface area contributed by atoms with Crippen molar-refractivity contribution in [1.29, 1.82) is 0 Å². The molecule has 4 N–H and O–H groups in total. The number of nitrogens with zero attached hydrogens (tertiary/aromatic N) is 2. The van der Waals surface area contributed by atoms with Gasteiger partial charge in [0.05, 0.1) is 9.85 Å². The molecule has 0 saturated heterocycles. The molecule has 0 aromatic heterocycles. The Hall–Kier alpha value is -5.66. The van der Waals surface area contributed by atoms with Crippen LogP contribution in [0.5, 0.6) is 0 Å². The van der Waals surface area contributed by atoms with Gasteiger partial charge in [-0.05, 0) is 60.8 Å². The predicted octanol–water partition coefficient (Wildman–Crippen LogP) is 3.64. The zero-order chi connectivity index (χ0) is 32.8. The quantitative estimate of drug-likeness (QED) is 0.243. The highest BCUT2D eigenvalue weighted by atomic mass is 16.6. The van der Waals surface area contributed by atoms with Gasteiger partial charge in [0.25, 0.3) is 35.0 Å². The fraction of sp³-hybridized carbons (Fsp3) is 0.312. The molecule has 8 rings (SSSR count). The van der Waals surface area contributed by atoms with Crippen molar-refractivity contribution in [3.05, 3.63) is 114 Å². The number of rotatable bonds is 2. The summed E-state index contributed by atoms with van der Waals surface area (Å²) in [6.45, 7) is 0.876. The van der Waals surface area contributed by atoms with Gasteiger partial charge in [0.2, 0.25) is 0 Å². The number of amides is 4. The summed E-state index contributed by atoms with van der Waals surface area (Å²) in [5.74, 6) is -1.91. The molecule has 3 aromatic carbocycles. The molecule has 8 bridgehead atoms. The minimum absolute atomic E-state index is 0.00731. The third kappa shape index (κ3) is 7.88. The van der Waals surface area contributed by atoms with Gasteiger partial charge >= 0.3 is 0 Å². The monoisotopic (exact) mass is 628 g/mol. The fourth-order valence-electron chi connectivity index (χ4n) is 5.62. The first kappa shape index (κ1) is 31.8. The maximum atomic E-state index is 13.0. The lowest BCUT2D eigenvalue weighted by atomic mass is 9.82. The zero-order valence-corrected chi connectivity index (χ0v) is 24.7. The van der Waals surface area contributed by atoms with Crippen LogP contribution in [-0.4, -0.2) is 46.6 Å². The Morgan fingerprint density at radius 1 is 0.500 bits per heavy atom. The van der Waals surface area contributed by atoms with E-state index in [1.807, 2.05) is 0 Å². The average molecular weight is 629 g/mol. The lowest BCUT2D eigenvalue weighted by Gasteiger charge is -2.28. The molecule has 14 heteroatoms. The standard InChI is InChI=1S/C32H32N6O8/c39-29-23-9-25(13-27(11-23)37(43)44)31(41)35-17-21-5-7-22(8-6-21)18-36-32(42)26-10-24(12-28(14-26)38(45)46)30(40)34-16-20-2-1-19(3-4-20)15-33-29/h1-4,9-14,21-22H,5-8,15-18H2,(H,33,39)(H,34,40)(H,35,41)(H,36,42). The maximum Gasteiger partial charge on any atom is 0.271 e. The molecular formula is C32H32N6O8. The van der Waals surface area contributed by atoms with Crippen molar-refractivity contribution in [1.82, 2.24) is 21.3 Å². The van der Waals surface area contributed by atoms with Crippen LogP contribution < -0.4 is 21.3 Å². The SMILES string of the molecule is O=C1NCc2ccc(cc2)CNC(=O)c2cc(cc([N+](=O)[O-])c2)C(=O)NCC2CCC(CC2)CNC(=O)c2cc1cc([N+](=O)[O-])c2. The van der Waals surface area contributed by atoms with Crippen molar-refractivity contribution < 1.29 is 29.0 Å². The first-order valence-corrected chi connectivity index (χ1v) is 14.9. The number of nitro groups is 2. The molecule has 0 unspecified atom stereocenters. The van der Waals surface area contributed by atoms with Crippen LogP contribution >= 0.6 is 0 Å². The van der Waals surface area contributed by atoms with Crippen LogP contribution in [0.1, 0.15) is 78.2 Å². The lowest BCUT2D eigenvalue weighted by molar-refractivity contribution is -0.385. The molecule has 1 saturated carbocycles. The summed E-state index contributed by atoms with van der Waals surface area (Å²) in [5, 5.41) is 34.2. The van der Waals surface area contributed by atoms with Crippen molar-refractivity contribution in [3.8, 4) is 0 Å². The number of carbonyl (C=O) groups is 4. The fourth-order valence-corrected chi connectivity index (χ4v) is 5.62. The van der Waals surface area contributed by atoms with Gasteiger partial charge in [0.1, 0.15) is 0 Å². The van der Waals surface area contributed by atoms with Crippen molar-refractivity contribution >= 4 is 35.0 Å². The Bertz CT molecular complexity index is 1570. The van der Waals surface area contributed by atoms with Gasteiger partial charge in [-0.3, -0.25) is 39.4 Å². The average Bonchev–Trinajstić information content (AvgIpc) is 3.07. The third-order valence-electron chi connectivity index (χ3n) is 8.30. The van der Waals surface area contributed by atoms with Gasteiger partial charge < -0.3 is 21.3 Å². The van der Waals surface area contributed by atoms with E-state index in [1.54, 1.807) is 24.3 Å². The van der Waals surface area contributed by atoms with Crippen LogP contribution in [0.25, 0.3) is 0 Å². The van der Waals surface area contributed by atoms with Crippen LogP contribution in [0.15, 0.2) is 60.7 Å². The van der Waals surface area contributed by atoms with E-state index in [0.29, 0.717) is 24.2 Å². The molecule has 4 aliphatic heterocycles. The summed E-state index contributed by atoms with van der Waals surface area (Å²) in [4.78, 5) is 73.7. The highest BCUT2D eigenvalue weighted by molar-refractivity contribution is 6.01. The van der Waals surface area contributed by atoms with E-state index >= 15 is 0 Å². The topological polar surface area (TPSA) is 203 Å². The van der Waals surface area contributed by atoms with Crippen molar-refractivity contribution in [2.24, 2.45) is 11.8 Å². The maximum absolute atomic E-state index is 13.0. The molecule has 0 radical (unpaired) electrons. The first-order chi connectivity index (χ1) is 22.0. The molecule has 46 heavy (non-hydrogen) atoms. The minimum atomic E-state index is -0.651. The molecule has 14 nitrogen and oxygen atoms in total. The van der Waals surface area contributed by atoms with Gasteiger partial charge in [0.15, 0.2) is 0 Å². The van der Waals surface area contributed by atoms with E-state index in [1.165, 1.54) is 12.1 Å². The molecule has 3 aromatic rings. The van der Waals surface area contributed by atoms with Gasteiger partial charge in [-0.2, -0.15) is 0 Å². The third-order valence-corrected chi connectivity index (χ3v) is 8.30. The van der Waals surface area contributed by atoms with Crippen LogP contribution in [0, 0.1) is 32.1 Å². The van der Waals surface area contributed by atoms with Crippen LogP contribution in [0.3, 0.4) is 0 Å². The summed E-state index contributed by atoms with van der Waals surface area (Å²) < 4.78 is 0. The molecule has 0 spiro atoms. The van der Waals surface area contributed by atoms with E-state index in [2.05, 4.69) is 21.3 Å². The highest BCUT2D eigenvalue weighted by Crippen LogP contribution is 2.28. The van der Waals surface area contributed by atoms with Crippen molar-refractivity contribution in [3.63, 3.8) is 0 Å². The molecule has 238 valence electrons. The van der Waals surface area contributed by atoms with Gasteiger partial charge in [-0.1, -0.05) is 24.3 Å². The van der Waals surface area contributed by atoms with Gasteiger partial charge in [-0.25, -0.2) is 0 Å². The Morgan fingerprint density at radius 2 is 0.804 bits per heavy atom. The largest absolute Gasteiger partial charge is 0.352 e. The Balaban J connectivity index is 1.38. The van der Waals surface area contributed by atoms with E-state index < -0.39 is 33.5 Å². The molecule has 4 amide bonds. The number of nitro benzene ring substituents is 2. The Labute approximate surface area is 263 Å². The summed E-state index contributed by atoms with van der Waals surface area (Å²) in [6.07, 6.45) is 3.08. The van der Waals surface area contributed by atoms with E-state index in [4.69, 9.17) is 0 Å². The second-order valence-electron chi connectivity index (χ2n) is 11.5. The molecule has 5 aliphatic rings. The van der Waals surface area contributed by atoms with Crippen LogP contribution in [-0.2, 0) is 13.1 Å². The summed E-state index contributed by atoms with van der Waals surface area (Å²) in [5.41, 5.74) is 0.635. The molecule has 1 aliphatic carbocycles. The minimum Gasteiger partial charge on any atom is -0.352 e. The van der Waals surface area contributed by atoms with Gasteiger partial charge in [0, 0.05) is 72.7 Å². The molecular weight excluding hydrogens is 596 g/mol. The second-order valence-corrected chi connectivity index (χ2v) is 11.5. The summed E-state index contributed by atoms with van der Waals surface area (Å²) in [7, 11) is 0. The number of carbonyl (C=O) groups excluding carboxylic acids is 4. The number of hydrogen-bond acceptors (Lipinski definition) is 8. The van der Waals surface area contributed by atoms with E-state index in [-0.39, 0.29) is 58.6 Å². The number of hydrogen-bond donors (Lipinski definition) is 4. The van der Waals surface area contributed by atoms with E-state index in [9.17, 15) is 39.4 Å². The Morgan fingerprint density at radius 3 is 1.11 bits per heavy atom. The Kier molecular flexibility index (Phi) is 9.64. The summed E-state index contributed by atoms with van der Waals surface area (Å²) in [6, 6.07) is 14.1. The van der Waals surface area contributed by atoms with Gasteiger partial charge in [-0.15, -0.1) is 0 Å². The summed E-state index contributed by atoms with van der Waals surface area (Å²) >= 11 is 0. The van der Waals surface area contributed by atoms with Crippen molar-refractivity contribution in [2.75, 3.05) is 13.1 Å². The lowest BCUT2D eigenvalue weighted by Crippen LogP contribution is -2.35. The molecule has 0 atom stereocenters.